The molecule has 0 aliphatic heterocycles. The fraction of sp³-hybridized carbons (Fsp3) is 0. The Kier molecular flexibility index (Phi) is 1.37. The van der Waals surface area contributed by atoms with Crippen molar-refractivity contribution in [2.45, 2.75) is 0 Å². The summed E-state index contributed by atoms with van der Waals surface area (Å²) in [5, 5.41) is 0. The molecule has 1 rings (SSSR count). The zero-order valence-corrected chi connectivity index (χ0v) is 4.39. The molecule has 0 unspecified atom stereocenters. The van der Waals surface area contributed by atoms with Crippen LogP contribution in [0.3, 0.4) is 0 Å². The fourth-order valence-corrected chi connectivity index (χ4v) is 0.490. The maximum Gasteiger partial charge on any atom is 0.280 e. The summed E-state index contributed by atoms with van der Waals surface area (Å²) in [6.45, 7) is 0. The van der Waals surface area contributed by atoms with E-state index in [0.717, 1.165) is 0 Å². The quantitative estimate of drug-likeness (QED) is 0.548. The molecule has 6 heteroatoms. The Hall–Kier alpha value is -1.46. The van der Waals surface area contributed by atoms with Crippen LogP contribution in [-0.2, 0) is 0 Å². The van der Waals surface area contributed by atoms with Crippen LogP contribution in [0.25, 0.3) is 0 Å². The van der Waals surface area contributed by atoms with Crippen LogP contribution in [0.5, 0.6) is 11.5 Å². The minimum atomic E-state index is -1.23. The van der Waals surface area contributed by atoms with Crippen molar-refractivity contribution in [3.8, 4) is 11.5 Å². The molecule has 0 N–H and O–H groups in total. The molecule has 0 bridgehead atoms. The highest BCUT2D eigenvalue weighted by Gasteiger charge is 2.26. The van der Waals surface area contributed by atoms with Gasteiger partial charge < -0.3 is 0 Å². The Balaban J connectivity index is 3.16. The molecule has 0 heterocycles. The summed E-state index contributed by atoms with van der Waals surface area (Å²) in [6.07, 6.45) is 0. The maximum absolute atomic E-state index is 11.1. The molecule has 54 valence electrons. The van der Waals surface area contributed by atoms with Gasteiger partial charge in [0, 0.05) is 9.05 Å². The highest BCUT2D eigenvalue weighted by atomic mass is 19.3. The minimum absolute atomic E-state index is 1.02. The van der Waals surface area contributed by atoms with E-state index in [1.807, 2.05) is 0 Å². The molecule has 0 spiro atoms. The van der Waals surface area contributed by atoms with Gasteiger partial charge in [-0.1, -0.05) is 0 Å². The van der Waals surface area contributed by atoms with Gasteiger partial charge >= 0.3 is 0 Å². The number of halogens is 2. The van der Waals surface area contributed by atoms with Gasteiger partial charge in [0.2, 0.25) is 0 Å². The maximum atomic E-state index is 11.1. The lowest BCUT2D eigenvalue weighted by Crippen LogP contribution is -2.31. The first-order valence-electron chi connectivity index (χ1n) is 2.13. The van der Waals surface area contributed by atoms with E-state index in [2.05, 4.69) is 9.88 Å². The zero-order chi connectivity index (χ0) is 7.72. The largest absolute Gasteiger partial charge is 0.286 e. The van der Waals surface area contributed by atoms with Gasteiger partial charge in [0.15, 0.2) is 0 Å². The Bertz CT molecular complexity index is 279. The molecule has 0 saturated heterocycles. The molecule has 4 nitrogen and oxygen atoms in total. The second kappa shape index (κ2) is 2.05. The molecule has 10 heavy (non-hydrogen) atoms. The molecule has 0 fully saturated rings. The molecular weight excluding hydrogens is 150 g/mol. The molecule has 1 aromatic carbocycles. The summed E-state index contributed by atoms with van der Waals surface area (Å²) in [5.41, 5.74) is -2.45. The highest BCUT2D eigenvalue weighted by Crippen LogP contribution is 2.20. The fourth-order valence-electron chi connectivity index (χ4n) is 0.490. The molecule has 0 aliphatic carbocycles. The molecule has 0 amide bonds. The van der Waals surface area contributed by atoms with Gasteiger partial charge in [0.1, 0.15) is 0 Å². The van der Waals surface area contributed by atoms with Gasteiger partial charge in [-0.2, -0.15) is 0 Å². The molecule has 1 aromatic rings. The van der Waals surface area contributed by atoms with Crippen LogP contribution in [-0.4, -0.2) is 0 Å². The molecule has 0 radical (unpaired) electrons. The predicted octanol–water partition coefficient (Wildman–Crippen LogP) is -0.191. The summed E-state index contributed by atoms with van der Waals surface area (Å²) < 4.78 is 22.2. The van der Waals surface area contributed by atoms with E-state index >= 15 is 0 Å². The monoisotopic (exact) mass is 150 g/mol. The number of hydrogen-bond acceptors (Lipinski definition) is 4. The summed E-state index contributed by atoms with van der Waals surface area (Å²) in [7, 11) is 0. The first kappa shape index (κ1) is 6.66. The third kappa shape index (κ3) is 0.584. The summed E-state index contributed by atoms with van der Waals surface area (Å²) >= 11 is 0. The lowest BCUT2D eigenvalue weighted by atomic mass is 10.2. The molecular formula is C4F2O4. The van der Waals surface area contributed by atoms with Crippen molar-refractivity contribution >= 4 is 0 Å². The van der Waals surface area contributed by atoms with E-state index in [0.29, 0.717) is 0 Å². The molecule has 0 saturated carbocycles. The Morgan fingerprint density at radius 2 is 1.20 bits per heavy atom. The smallest absolute Gasteiger partial charge is 0.280 e. The van der Waals surface area contributed by atoms with Crippen molar-refractivity contribution in [1.82, 2.24) is 0 Å². The van der Waals surface area contributed by atoms with E-state index in [9.17, 15) is 18.6 Å². The van der Waals surface area contributed by atoms with Gasteiger partial charge in [-0.15, -0.1) is 0 Å². The van der Waals surface area contributed by atoms with Crippen LogP contribution < -0.4 is 20.7 Å². The minimum Gasteiger partial charge on any atom is -0.286 e. The van der Waals surface area contributed by atoms with Gasteiger partial charge in [-0.3, -0.25) is 19.5 Å². The van der Waals surface area contributed by atoms with Crippen molar-refractivity contribution < 1.29 is 18.9 Å². The first-order chi connectivity index (χ1) is 4.72. The zero-order valence-electron chi connectivity index (χ0n) is 4.39. The van der Waals surface area contributed by atoms with E-state index < -0.39 is 22.4 Å². The molecule has 0 aliphatic rings. The lowest BCUT2D eigenvalue weighted by Gasteiger charge is -1.97. The second-order valence-electron chi connectivity index (χ2n) is 1.47. The number of rotatable bonds is 2. The van der Waals surface area contributed by atoms with Crippen molar-refractivity contribution in [3.05, 3.63) is 20.4 Å². The van der Waals surface area contributed by atoms with E-state index in [1.165, 1.54) is 0 Å². The molecule has 0 aromatic heterocycles. The second-order valence-corrected chi connectivity index (χ2v) is 1.47. The summed E-state index contributed by atoms with van der Waals surface area (Å²) in [6, 6.07) is 0. The highest BCUT2D eigenvalue weighted by molar-refractivity contribution is 5.44. The Morgan fingerprint density at radius 3 is 1.40 bits per heavy atom. The van der Waals surface area contributed by atoms with E-state index in [1.54, 1.807) is 0 Å². The van der Waals surface area contributed by atoms with E-state index in [-0.39, 0.29) is 0 Å². The van der Waals surface area contributed by atoms with Gasteiger partial charge in [0.25, 0.3) is 22.4 Å². The first-order valence-corrected chi connectivity index (χ1v) is 2.13. The number of hydrogen-bond donors (Lipinski definition) is 0. The third-order valence-electron chi connectivity index (χ3n) is 0.979. The van der Waals surface area contributed by atoms with Crippen LogP contribution >= 0.6 is 0 Å². The Morgan fingerprint density at radius 1 is 0.900 bits per heavy atom. The third-order valence-corrected chi connectivity index (χ3v) is 0.979. The average Bonchev–Trinajstić information content (AvgIpc) is 1.97. The average molecular weight is 150 g/mol. The van der Waals surface area contributed by atoms with Crippen LogP contribution in [0.15, 0.2) is 9.59 Å². The SMILES string of the molecule is O=c1c(OF)c(OF)c1=O. The molecule has 0 atom stereocenters. The normalized spacial score (nSPS) is 9.80. The van der Waals surface area contributed by atoms with Crippen molar-refractivity contribution in [1.29, 1.82) is 0 Å². The van der Waals surface area contributed by atoms with Crippen molar-refractivity contribution in [3.63, 3.8) is 0 Å². The predicted molar refractivity (Wildman–Crippen MR) is 24.8 cm³/mol. The summed E-state index contributed by atoms with van der Waals surface area (Å²) in [4.78, 5) is 25.9. The van der Waals surface area contributed by atoms with Gasteiger partial charge in [0.05, 0.1) is 0 Å². The van der Waals surface area contributed by atoms with Crippen LogP contribution in [0, 0.1) is 0 Å². The summed E-state index contributed by atoms with van der Waals surface area (Å²) in [5.74, 6) is -2.04. The van der Waals surface area contributed by atoms with Crippen LogP contribution in [0.1, 0.15) is 0 Å². The Labute approximate surface area is 52.1 Å². The lowest BCUT2D eigenvalue weighted by molar-refractivity contribution is -0.0446. The van der Waals surface area contributed by atoms with Crippen molar-refractivity contribution in [2.24, 2.45) is 0 Å². The van der Waals surface area contributed by atoms with E-state index in [4.69, 9.17) is 0 Å². The van der Waals surface area contributed by atoms with Crippen LogP contribution in [0.2, 0.25) is 0 Å². The standard InChI is InChI=1S/C4F2O4/c5-9-3-1(7)2(8)4(3)10-6. The topological polar surface area (TPSA) is 52.6 Å². The van der Waals surface area contributed by atoms with Crippen LogP contribution in [0.4, 0.5) is 9.05 Å². The van der Waals surface area contributed by atoms with Gasteiger partial charge in [-0.25, -0.2) is 0 Å². The van der Waals surface area contributed by atoms with Gasteiger partial charge in [-0.05, 0) is 0 Å². The van der Waals surface area contributed by atoms with Crippen molar-refractivity contribution in [2.75, 3.05) is 0 Å².